The summed E-state index contributed by atoms with van der Waals surface area (Å²) < 4.78 is 8.46. The number of ether oxygens (including phenoxy) is 1. The van der Waals surface area contributed by atoms with Crippen LogP contribution >= 0.6 is 11.6 Å². The van der Waals surface area contributed by atoms with E-state index in [1.54, 1.807) is 12.1 Å². The topological polar surface area (TPSA) is 139 Å². The molecular formula is C33H38ClN7O3. The van der Waals surface area contributed by atoms with Gasteiger partial charge in [0.2, 0.25) is 0 Å². The van der Waals surface area contributed by atoms with Crippen LogP contribution in [0.2, 0.25) is 5.02 Å². The normalized spacial score (nSPS) is 17.4. The third kappa shape index (κ3) is 6.97. The Kier molecular flexibility index (Phi) is 8.82. The fourth-order valence-electron chi connectivity index (χ4n) is 5.02. The number of hydrogen-bond acceptors (Lipinski definition) is 7. The molecule has 2 amide bonds. The first-order valence-electron chi connectivity index (χ1n) is 14.6. The molecule has 230 valence electrons. The Morgan fingerprint density at radius 3 is 2.59 bits per heavy atom. The van der Waals surface area contributed by atoms with Gasteiger partial charge in [0.15, 0.2) is 5.65 Å². The van der Waals surface area contributed by atoms with Crippen LogP contribution in [-0.2, 0) is 0 Å². The number of amides is 2. The first kappa shape index (κ1) is 30.9. The average Bonchev–Trinajstić information content (AvgIpc) is 3.39. The number of amidine groups is 1. The minimum absolute atomic E-state index is 0.109. The Balaban J connectivity index is 1.35. The molecule has 2 atom stereocenters. The molecular weight excluding hydrogens is 578 g/mol. The molecule has 0 bridgehead atoms. The van der Waals surface area contributed by atoms with E-state index in [2.05, 4.69) is 39.7 Å². The van der Waals surface area contributed by atoms with Crippen LogP contribution in [0.15, 0.2) is 77.6 Å². The number of halogens is 1. The molecule has 4 aromatic rings. The van der Waals surface area contributed by atoms with Crippen molar-refractivity contribution in [2.75, 3.05) is 0 Å². The van der Waals surface area contributed by atoms with E-state index in [-0.39, 0.29) is 40.1 Å². The highest BCUT2D eigenvalue weighted by atomic mass is 35.5. The summed E-state index contributed by atoms with van der Waals surface area (Å²) >= 11 is 5.96. The summed E-state index contributed by atoms with van der Waals surface area (Å²) in [7, 11) is 0. The van der Waals surface area contributed by atoms with Gasteiger partial charge in [0, 0.05) is 29.2 Å². The number of carbonyl (C=O) groups excluding carboxylic acids is 1. The van der Waals surface area contributed by atoms with Crippen LogP contribution in [0.5, 0.6) is 11.5 Å². The van der Waals surface area contributed by atoms with Gasteiger partial charge in [0.1, 0.15) is 29.3 Å². The number of rotatable bonds is 6. The number of benzene rings is 2. The number of hydrogen-bond donors (Lipinski definition) is 4. The maximum atomic E-state index is 13.3. The molecule has 1 aliphatic carbocycles. The summed E-state index contributed by atoms with van der Waals surface area (Å²) in [6, 6.07) is 15.7. The maximum Gasteiger partial charge on any atom is 0.320 e. The van der Waals surface area contributed by atoms with Gasteiger partial charge in [0.25, 0.3) is 0 Å². The van der Waals surface area contributed by atoms with Crippen molar-refractivity contribution in [3.8, 4) is 11.5 Å². The van der Waals surface area contributed by atoms with Crippen LogP contribution in [0.25, 0.3) is 5.65 Å². The summed E-state index contributed by atoms with van der Waals surface area (Å²) in [5.41, 5.74) is 9.68. The van der Waals surface area contributed by atoms with Crippen LogP contribution < -0.4 is 21.1 Å². The van der Waals surface area contributed by atoms with E-state index in [4.69, 9.17) is 22.1 Å². The lowest BCUT2D eigenvalue weighted by Crippen LogP contribution is -2.42. The van der Waals surface area contributed by atoms with E-state index in [0.29, 0.717) is 24.2 Å². The van der Waals surface area contributed by atoms with Gasteiger partial charge >= 0.3 is 6.03 Å². The maximum absolute atomic E-state index is 13.3. The van der Waals surface area contributed by atoms with E-state index in [1.165, 1.54) is 12.1 Å². The van der Waals surface area contributed by atoms with Gasteiger partial charge in [-0.15, -0.1) is 10.2 Å². The number of nitrogens with one attached hydrogen (secondary N) is 2. The Morgan fingerprint density at radius 1 is 1.14 bits per heavy atom. The van der Waals surface area contributed by atoms with Crippen molar-refractivity contribution in [1.29, 1.82) is 0 Å². The number of urea groups is 1. The number of nitrogens with two attached hydrogens (primary N) is 1. The number of pyridine rings is 1. The summed E-state index contributed by atoms with van der Waals surface area (Å²) in [5, 5.41) is 24.8. The summed E-state index contributed by atoms with van der Waals surface area (Å²) in [4.78, 5) is 17.9. The predicted molar refractivity (Wildman–Crippen MR) is 172 cm³/mol. The van der Waals surface area contributed by atoms with Crippen molar-refractivity contribution >= 4 is 34.8 Å². The zero-order valence-corrected chi connectivity index (χ0v) is 26.3. The highest BCUT2D eigenvalue weighted by Gasteiger charge is 2.30. The monoisotopic (exact) mass is 615 g/mol. The number of phenols is 1. The Morgan fingerprint density at radius 2 is 1.89 bits per heavy atom. The van der Waals surface area contributed by atoms with Crippen LogP contribution in [0, 0.1) is 5.41 Å². The molecule has 0 unspecified atom stereocenters. The Hall–Kier alpha value is -4.57. The minimum Gasteiger partial charge on any atom is -0.506 e. The summed E-state index contributed by atoms with van der Waals surface area (Å²) in [6.45, 7) is 10.1. The average molecular weight is 616 g/mol. The van der Waals surface area contributed by atoms with Crippen molar-refractivity contribution in [2.45, 2.75) is 65.5 Å². The predicted octanol–water partition coefficient (Wildman–Crippen LogP) is 7.08. The Bertz CT molecular complexity index is 1740. The number of phenolic OH excluding ortho intramolecular Hbond substituents is 1. The number of aromatic hydroxyl groups is 1. The first-order valence-corrected chi connectivity index (χ1v) is 15.0. The summed E-state index contributed by atoms with van der Waals surface area (Å²) in [5.74, 6) is 1.94. The largest absolute Gasteiger partial charge is 0.506 e. The molecule has 0 saturated carbocycles. The molecule has 0 radical (unpaired) electrons. The van der Waals surface area contributed by atoms with Gasteiger partial charge in [-0.3, -0.25) is 9.72 Å². The molecule has 0 fully saturated rings. The van der Waals surface area contributed by atoms with Crippen LogP contribution in [0.1, 0.15) is 82.5 Å². The van der Waals surface area contributed by atoms with Crippen LogP contribution in [0.4, 0.5) is 10.5 Å². The summed E-state index contributed by atoms with van der Waals surface area (Å²) in [6.07, 6.45) is 4.73. The zero-order valence-electron chi connectivity index (χ0n) is 25.5. The third-order valence-electron chi connectivity index (χ3n) is 7.52. The SMILES string of the molecule is CC(C)c1nnc2ccc(O[C@H]3CC[C@H](NC(=O)NC(/C=C(\N)C(C)(C)C)=Nc4ccc(Cl)c(O)c4)c4ccccc43)cn12. The second kappa shape index (κ2) is 12.6. The number of nitrogens with zero attached hydrogens (tertiary/aromatic N) is 4. The highest BCUT2D eigenvalue weighted by molar-refractivity contribution is 6.32. The zero-order chi connectivity index (χ0) is 31.6. The fraction of sp³-hybridized carbons (Fsp3) is 0.333. The van der Waals surface area contributed by atoms with Crippen molar-refractivity contribution in [3.63, 3.8) is 0 Å². The van der Waals surface area contributed by atoms with Gasteiger partial charge in [-0.2, -0.15) is 0 Å². The van der Waals surface area contributed by atoms with E-state index < -0.39 is 6.03 Å². The second-order valence-electron chi connectivity index (χ2n) is 12.3. The molecule has 1 aliphatic rings. The number of aliphatic imine (C=N–C) groups is 1. The second-order valence-corrected chi connectivity index (χ2v) is 12.7. The van der Waals surface area contributed by atoms with E-state index >= 15 is 0 Å². The van der Waals surface area contributed by atoms with E-state index in [0.717, 1.165) is 28.3 Å². The van der Waals surface area contributed by atoms with E-state index in [9.17, 15) is 9.90 Å². The van der Waals surface area contributed by atoms with Crippen LogP contribution in [0.3, 0.4) is 0 Å². The quantitative estimate of drug-likeness (QED) is 0.135. The molecule has 5 N–H and O–H groups in total. The molecule has 0 aliphatic heterocycles. The van der Waals surface area contributed by atoms with Crippen molar-refractivity contribution in [2.24, 2.45) is 16.1 Å². The molecule has 0 saturated heterocycles. The third-order valence-corrected chi connectivity index (χ3v) is 7.84. The van der Waals surface area contributed by atoms with E-state index in [1.807, 2.05) is 67.8 Å². The molecule has 44 heavy (non-hydrogen) atoms. The number of fused-ring (bicyclic) bond motifs is 2. The standard InChI is InChI=1S/C33H38ClN7O3/c1-19(2)31-40-39-30-15-11-21(18-41(30)31)44-27-14-13-25(22-8-6-7-9-23(22)27)37-32(43)38-29(17-28(35)33(3,4)5)36-20-10-12-24(34)26(42)16-20/h6-12,15-19,25,27,42H,13-14,35H2,1-5H3,(H2,36,37,38,43)/b28-17-/t25-,27-/m0/s1. The highest BCUT2D eigenvalue weighted by Crippen LogP contribution is 2.39. The molecule has 2 heterocycles. The lowest BCUT2D eigenvalue weighted by Gasteiger charge is -2.32. The first-order chi connectivity index (χ1) is 20.9. The molecule has 2 aromatic carbocycles. The fourth-order valence-corrected chi connectivity index (χ4v) is 5.14. The van der Waals surface area contributed by atoms with Gasteiger partial charge in [-0.25, -0.2) is 9.79 Å². The number of allylic oxidation sites excluding steroid dienone is 1. The van der Waals surface area contributed by atoms with Crippen molar-refractivity contribution < 1.29 is 14.6 Å². The van der Waals surface area contributed by atoms with Crippen molar-refractivity contribution in [3.05, 3.63) is 94.5 Å². The molecule has 2 aromatic heterocycles. The minimum atomic E-state index is -0.432. The lowest BCUT2D eigenvalue weighted by molar-refractivity contribution is 0.171. The number of carbonyl (C=O) groups is 1. The number of aromatic nitrogens is 3. The molecule has 11 heteroatoms. The van der Waals surface area contributed by atoms with Gasteiger partial charge in [-0.1, -0.05) is 70.5 Å². The van der Waals surface area contributed by atoms with Gasteiger partial charge in [-0.05, 0) is 48.2 Å². The molecule has 0 spiro atoms. The molecule has 10 nitrogen and oxygen atoms in total. The molecule has 5 rings (SSSR count). The lowest BCUT2D eigenvalue weighted by atomic mass is 9.85. The van der Waals surface area contributed by atoms with Gasteiger partial charge in [0.05, 0.1) is 22.9 Å². The van der Waals surface area contributed by atoms with Crippen molar-refractivity contribution in [1.82, 2.24) is 25.2 Å². The smallest absolute Gasteiger partial charge is 0.320 e. The van der Waals surface area contributed by atoms with Gasteiger partial charge < -0.3 is 20.9 Å². The van der Waals surface area contributed by atoms with Crippen LogP contribution in [-0.4, -0.2) is 31.6 Å². The Labute approximate surface area is 262 Å².